The van der Waals surface area contributed by atoms with Crippen LogP contribution in [0.2, 0.25) is 0 Å². The van der Waals surface area contributed by atoms with E-state index in [1.54, 1.807) is 4.90 Å². The molecule has 1 rings (SSSR count). The van der Waals surface area contributed by atoms with E-state index in [-0.39, 0.29) is 18.7 Å². The monoisotopic (exact) mass is 272 g/mol. The molecule has 112 valence electrons. The van der Waals surface area contributed by atoms with Crippen LogP contribution in [0.5, 0.6) is 0 Å². The molecule has 2 atom stereocenters. The number of carbonyl (C=O) groups excluding carboxylic acids is 1. The number of aliphatic hydroxyl groups is 1. The zero-order valence-corrected chi connectivity index (χ0v) is 12.6. The van der Waals surface area contributed by atoms with E-state index in [1.807, 2.05) is 27.7 Å². The molecule has 3 N–H and O–H groups in total. The van der Waals surface area contributed by atoms with Crippen LogP contribution in [0.25, 0.3) is 0 Å². The van der Waals surface area contributed by atoms with Crippen molar-refractivity contribution in [2.45, 2.75) is 70.6 Å². The van der Waals surface area contributed by atoms with Gasteiger partial charge in [0.1, 0.15) is 5.60 Å². The minimum absolute atomic E-state index is 0.160. The Morgan fingerprint density at radius 2 is 2.05 bits per heavy atom. The van der Waals surface area contributed by atoms with E-state index in [1.165, 1.54) is 0 Å². The Labute approximate surface area is 116 Å². The fourth-order valence-electron chi connectivity index (χ4n) is 2.55. The highest BCUT2D eigenvalue weighted by molar-refractivity contribution is 5.69. The molecule has 1 aliphatic heterocycles. The number of piperidine rings is 1. The summed E-state index contributed by atoms with van der Waals surface area (Å²) in [6, 6.07) is -0.244. The summed E-state index contributed by atoms with van der Waals surface area (Å²) in [6.07, 6.45) is 2.92. The van der Waals surface area contributed by atoms with Gasteiger partial charge >= 0.3 is 6.09 Å². The number of carbonyl (C=O) groups is 1. The minimum Gasteiger partial charge on any atom is -0.444 e. The quantitative estimate of drug-likeness (QED) is 0.822. The van der Waals surface area contributed by atoms with E-state index in [0.29, 0.717) is 13.0 Å². The van der Waals surface area contributed by atoms with Gasteiger partial charge in [-0.1, -0.05) is 6.92 Å². The van der Waals surface area contributed by atoms with E-state index < -0.39 is 11.2 Å². The van der Waals surface area contributed by atoms with E-state index >= 15 is 0 Å². The van der Waals surface area contributed by atoms with E-state index in [0.717, 1.165) is 19.3 Å². The van der Waals surface area contributed by atoms with Gasteiger partial charge in [0.15, 0.2) is 0 Å². The van der Waals surface area contributed by atoms with Gasteiger partial charge in [-0.3, -0.25) is 0 Å². The highest BCUT2D eigenvalue weighted by atomic mass is 16.6. The minimum atomic E-state index is -1.02. The van der Waals surface area contributed by atoms with Crippen LogP contribution < -0.4 is 5.73 Å². The normalized spacial score (nSPS) is 23.9. The first kappa shape index (κ1) is 16.2. The fraction of sp³-hybridized carbons (Fsp3) is 0.929. The van der Waals surface area contributed by atoms with Crippen molar-refractivity contribution in [3.63, 3.8) is 0 Å². The number of hydrogen-bond acceptors (Lipinski definition) is 4. The predicted octanol–water partition coefficient (Wildman–Crippen LogP) is 1.88. The first-order valence-electron chi connectivity index (χ1n) is 7.15. The SMILES string of the molecule is CC[C@](O)(CN)[C@@H]1CCCCN1C(=O)OC(C)(C)C. The van der Waals surface area contributed by atoms with Crippen LogP contribution >= 0.6 is 0 Å². The average molecular weight is 272 g/mol. The van der Waals surface area contributed by atoms with Crippen LogP contribution in [0.3, 0.4) is 0 Å². The van der Waals surface area contributed by atoms with Crippen LogP contribution in [-0.4, -0.2) is 46.4 Å². The Bertz CT molecular complexity index is 308. The van der Waals surface area contributed by atoms with Gasteiger partial charge in [-0.05, 0) is 46.5 Å². The molecule has 0 unspecified atom stereocenters. The molecule has 5 heteroatoms. The number of ether oxygens (including phenoxy) is 1. The summed E-state index contributed by atoms with van der Waals surface area (Å²) in [5, 5.41) is 10.6. The van der Waals surface area contributed by atoms with Crippen molar-refractivity contribution >= 4 is 6.09 Å². The molecule has 0 aromatic rings. The number of amides is 1. The summed E-state index contributed by atoms with van der Waals surface area (Å²) in [6.45, 7) is 8.22. The van der Waals surface area contributed by atoms with Crippen LogP contribution in [-0.2, 0) is 4.74 Å². The summed E-state index contributed by atoms with van der Waals surface area (Å²) >= 11 is 0. The molecule has 0 aromatic heterocycles. The standard InChI is InChI=1S/C14H28N2O3/c1-5-14(18,10-15)11-8-6-7-9-16(11)12(17)19-13(2,3)4/h11,18H,5-10,15H2,1-4H3/t11-,14-/m0/s1. The van der Waals surface area contributed by atoms with Gasteiger partial charge in [-0.15, -0.1) is 0 Å². The molecule has 1 fully saturated rings. The molecule has 19 heavy (non-hydrogen) atoms. The van der Waals surface area contributed by atoms with Crippen molar-refractivity contribution < 1.29 is 14.6 Å². The number of rotatable bonds is 3. The third kappa shape index (κ3) is 4.08. The van der Waals surface area contributed by atoms with Gasteiger partial charge in [-0.2, -0.15) is 0 Å². The van der Waals surface area contributed by atoms with Crippen molar-refractivity contribution in [1.82, 2.24) is 4.90 Å². The lowest BCUT2D eigenvalue weighted by Crippen LogP contribution is -2.60. The Kier molecular flexibility index (Phi) is 5.21. The Balaban J connectivity index is 2.86. The predicted molar refractivity (Wildman–Crippen MR) is 74.9 cm³/mol. The maximum atomic E-state index is 12.3. The van der Waals surface area contributed by atoms with Crippen LogP contribution in [0.15, 0.2) is 0 Å². The maximum Gasteiger partial charge on any atom is 0.410 e. The molecule has 0 aromatic carbocycles. The van der Waals surface area contributed by atoms with E-state index in [4.69, 9.17) is 10.5 Å². The summed E-state index contributed by atoms with van der Waals surface area (Å²) in [5.41, 5.74) is 4.17. The molecule has 1 aliphatic rings. The highest BCUT2D eigenvalue weighted by Crippen LogP contribution is 2.29. The highest BCUT2D eigenvalue weighted by Gasteiger charge is 2.42. The topological polar surface area (TPSA) is 75.8 Å². The molecule has 5 nitrogen and oxygen atoms in total. The van der Waals surface area contributed by atoms with Gasteiger partial charge in [0, 0.05) is 13.1 Å². The third-order valence-corrected chi connectivity index (χ3v) is 3.72. The molecule has 0 spiro atoms. The lowest BCUT2D eigenvalue weighted by molar-refractivity contribution is -0.0654. The van der Waals surface area contributed by atoms with E-state index in [9.17, 15) is 9.90 Å². The Morgan fingerprint density at radius 1 is 1.42 bits per heavy atom. The number of hydrogen-bond donors (Lipinski definition) is 2. The Hall–Kier alpha value is -0.810. The first-order chi connectivity index (χ1) is 8.73. The Morgan fingerprint density at radius 3 is 2.53 bits per heavy atom. The molecule has 0 bridgehead atoms. The van der Waals surface area contributed by atoms with Gasteiger partial charge in [0.25, 0.3) is 0 Å². The van der Waals surface area contributed by atoms with Gasteiger partial charge in [-0.25, -0.2) is 4.79 Å². The lowest BCUT2D eigenvalue weighted by Gasteiger charge is -2.44. The number of nitrogens with two attached hydrogens (primary N) is 1. The lowest BCUT2D eigenvalue weighted by atomic mass is 9.84. The van der Waals surface area contributed by atoms with Crippen molar-refractivity contribution in [3.8, 4) is 0 Å². The summed E-state index contributed by atoms with van der Waals surface area (Å²) in [4.78, 5) is 13.9. The second-order valence-electron chi connectivity index (χ2n) is 6.35. The molecule has 1 heterocycles. The summed E-state index contributed by atoms with van der Waals surface area (Å²) in [5.74, 6) is 0. The van der Waals surface area contributed by atoms with Crippen molar-refractivity contribution in [1.29, 1.82) is 0 Å². The molecular formula is C14H28N2O3. The summed E-state index contributed by atoms with van der Waals surface area (Å²) in [7, 11) is 0. The van der Waals surface area contributed by atoms with Gasteiger partial charge in [0.2, 0.25) is 0 Å². The smallest absolute Gasteiger partial charge is 0.410 e. The van der Waals surface area contributed by atoms with Crippen LogP contribution in [0.1, 0.15) is 53.4 Å². The summed E-state index contributed by atoms with van der Waals surface area (Å²) < 4.78 is 5.43. The molecule has 0 radical (unpaired) electrons. The molecule has 0 saturated carbocycles. The third-order valence-electron chi connectivity index (χ3n) is 3.72. The zero-order valence-electron chi connectivity index (χ0n) is 12.6. The number of nitrogens with zero attached hydrogens (tertiary/aromatic N) is 1. The largest absolute Gasteiger partial charge is 0.444 e. The van der Waals surface area contributed by atoms with E-state index in [2.05, 4.69) is 0 Å². The molecule has 1 amide bonds. The first-order valence-corrected chi connectivity index (χ1v) is 7.15. The van der Waals surface area contributed by atoms with Gasteiger partial charge in [0.05, 0.1) is 11.6 Å². The second kappa shape index (κ2) is 6.09. The van der Waals surface area contributed by atoms with Crippen LogP contribution in [0.4, 0.5) is 4.79 Å². The van der Waals surface area contributed by atoms with Gasteiger partial charge < -0.3 is 20.5 Å². The molecule has 1 saturated heterocycles. The van der Waals surface area contributed by atoms with Crippen molar-refractivity contribution in [2.24, 2.45) is 5.73 Å². The zero-order chi connectivity index (χ0) is 14.7. The van der Waals surface area contributed by atoms with Crippen molar-refractivity contribution in [3.05, 3.63) is 0 Å². The molecule has 0 aliphatic carbocycles. The fourth-order valence-corrected chi connectivity index (χ4v) is 2.55. The van der Waals surface area contributed by atoms with Crippen molar-refractivity contribution in [2.75, 3.05) is 13.1 Å². The maximum absolute atomic E-state index is 12.3. The molecular weight excluding hydrogens is 244 g/mol. The second-order valence-corrected chi connectivity index (χ2v) is 6.35. The number of likely N-dealkylation sites (tertiary alicyclic amines) is 1. The average Bonchev–Trinajstić information content (AvgIpc) is 2.36. The van der Waals surface area contributed by atoms with Crippen LogP contribution in [0, 0.1) is 0 Å².